The molecule has 0 aromatic carbocycles. The lowest BCUT2D eigenvalue weighted by atomic mass is 10.1. The fourth-order valence-corrected chi connectivity index (χ4v) is 4.31. The highest BCUT2D eigenvalue weighted by Crippen LogP contribution is 2.36. The summed E-state index contributed by atoms with van der Waals surface area (Å²) in [4.78, 5) is 7.37. The van der Waals surface area contributed by atoms with Gasteiger partial charge in [0.15, 0.2) is 0 Å². The molecule has 17 heavy (non-hydrogen) atoms. The lowest BCUT2D eigenvalue weighted by molar-refractivity contribution is 0.771. The van der Waals surface area contributed by atoms with Gasteiger partial charge in [0.1, 0.15) is 5.01 Å². The number of halogens is 1. The van der Waals surface area contributed by atoms with E-state index in [4.69, 9.17) is 4.98 Å². The molecule has 0 unspecified atom stereocenters. The summed E-state index contributed by atoms with van der Waals surface area (Å²) in [5, 5.41) is 4.35. The first-order valence-electron chi connectivity index (χ1n) is 5.51. The Morgan fingerprint density at radius 1 is 1.35 bits per heavy atom. The van der Waals surface area contributed by atoms with Crippen molar-refractivity contribution in [1.29, 1.82) is 0 Å². The van der Waals surface area contributed by atoms with Gasteiger partial charge in [0.2, 0.25) is 0 Å². The molecule has 0 saturated carbocycles. The molecule has 2 aromatic heterocycles. The zero-order valence-electron chi connectivity index (χ0n) is 10.1. The molecular weight excluding hydrogens is 316 g/mol. The highest BCUT2D eigenvalue weighted by molar-refractivity contribution is 9.11. The van der Waals surface area contributed by atoms with Crippen LogP contribution in [0.5, 0.6) is 0 Å². The van der Waals surface area contributed by atoms with Crippen LogP contribution in [0.25, 0.3) is 9.88 Å². The average molecular weight is 331 g/mol. The number of nitrogens with zero attached hydrogens (tertiary/aromatic N) is 1. The van der Waals surface area contributed by atoms with Crippen LogP contribution in [-0.2, 0) is 6.54 Å². The van der Waals surface area contributed by atoms with Crippen molar-refractivity contribution < 1.29 is 0 Å². The standard InChI is InChI=1S/C12H15BrN2S2/c1-7(2)11-9(6-14-3)17-12(15-11)8-4-5-10(13)16-8/h4-5,7,14H,6H2,1-3H3. The Hall–Kier alpha value is -0.230. The van der Waals surface area contributed by atoms with Gasteiger partial charge in [-0.05, 0) is 41.0 Å². The van der Waals surface area contributed by atoms with E-state index in [1.165, 1.54) is 15.4 Å². The van der Waals surface area contributed by atoms with Gasteiger partial charge in [-0.25, -0.2) is 4.98 Å². The van der Waals surface area contributed by atoms with Crippen molar-refractivity contribution in [1.82, 2.24) is 10.3 Å². The molecule has 0 aliphatic heterocycles. The predicted octanol–water partition coefficient (Wildman–Crippen LogP) is 4.48. The van der Waals surface area contributed by atoms with Crippen LogP contribution in [0.4, 0.5) is 0 Å². The van der Waals surface area contributed by atoms with Crippen LogP contribution < -0.4 is 5.32 Å². The van der Waals surface area contributed by atoms with Crippen LogP contribution in [0.15, 0.2) is 15.9 Å². The fraction of sp³-hybridized carbons (Fsp3) is 0.417. The van der Waals surface area contributed by atoms with Gasteiger partial charge in [0.05, 0.1) is 14.4 Å². The molecule has 0 saturated heterocycles. The molecule has 92 valence electrons. The van der Waals surface area contributed by atoms with Crippen molar-refractivity contribution in [3.8, 4) is 9.88 Å². The molecule has 2 nitrogen and oxygen atoms in total. The summed E-state index contributed by atoms with van der Waals surface area (Å²) in [6, 6.07) is 4.20. The molecule has 2 heterocycles. The van der Waals surface area contributed by atoms with Crippen LogP contribution in [-0.4, -0.2) is 12.0 Å². The first-order valence-corrected chi connectivity index (χ1v) is 7.94. The molecular formula is C12H15BrN2S2. The van der Waals surface area contributed by atoms with Crippen LogP contribution in [0.3, 0.4) is 0 Å². The molecule has 0 aliphatic carbocycles. The van der Waals surface area contributed by atoms with E-state index in [0.29, 0.717) is 5.92 Å². The summed E-state index contributed by atoms with van der Waals surface area (Å²) in [6.07, 6.45) is 0. The highest BCUT2D eigenvalue weighted by atomic mass is 79.9. The van der Waals surface area contributed by atoms with Gasteiger partial charge in [-0.1, -0.05) is 13.8 Å². The maximum absolute atomic E-state index is 4.78. The SMILES string of the molecule is CNCc1sc(-c2ccc(Br)s2)nc1C(C)C. The summed E-state index contributed by atoms with van der Waals surface area (Å²) in [5.41, 5.74) is 1.23. The number of nitrogens with one attached hydrogen (secondary N) is 1. The van der Waals surface area contributed by atoms with Gasteiger partial charge in [-0.3, -0.25) is 0 Å². The van der Waals surface area contributed by atoms with Crippen LogP contribution in [0.1, 0.15) is 30.3 Å². The minimum atomic E-state index is 0.478. The average Bonchev–Trinajstić information content (AvgIpc) is 2.85. The summed E-state index contributed by atoms with van der Waals surface area (Å²) in [7, 11) is 1.98. The van der Waals surface area contributed by atoms with Crippen molar-refractivity contribution in [2.75, 3.05) is 7.05 Å². The highest BCUT2D eigenvalue weighted by Gasteiger charge is 2.15. The normalized spacial score (nSPS) is 11.4. The Morgan fingerprint density at radius 3 is 2.65 bits per heavy atom. The second kappa shape index (κ2) is 5.61. The first-order chi connectivity index (χ1) is 8.11. The molecule has 2 aromatic rings. The van der Waals surface area contributed by atoms with E-state index in [2.05, 4.69) is 47.2 Å². The van der Waals surface area contributed by atoms with Gasteiger partial charge in [0, 0.05) is 11.4 Å². The molecule has 0 aliphatic rings. The van der Waals surface area contributed by atoms with Crippen molar-refractivity contribution in [3.63, 3.8) is 0 Å². The monoisotopic (exact) mass is 330 g/mol. The summed E-state index contributed by atoms with van der Waals surface area (Å²) in [5.74, 6) is 0.478. The maximum atomic E-state index is 4.78. The van der Waals surface area contributed by atoms with E-state index in [1.807, 2.05) is 7.05 Å². The quantitative estimate of drug-likeness (QED) is 0.894. The van der Waals surface area contributed by atoms with Gasteiger partial charge in [-0.2, -0.15) is 0 Å². The molecule has 0 atom stereocenters. The molecule has 0 bridgehead atoms. The Morgan fingerprint density at radius 2 is 2.12 bits per heavy atom. The molecule has 0 radical (unpaired) electrons. The number of hydrogen-bond acceptors (Lipinski definition) is 4. The summed E-state index contributed by atoms with van der Waals surface area (Å²) < 4.78 is 1.16. The smallest absolute Gasteiger partial charge is 0.133 e. The largest absolute Gasteiger partial charge is 0.315 e. The number of thiophene rings is 1. The second-order valence-corrected chi connectivity index (χ2v) is 7.66. The van der Waals surface area contributed by atoms with E-state index >= 15 is 0 Å². The molecule has 2 rings (SSSR count). The molecule has 0 amide bonds. The lowest BCUT2D eigenvalue weighted by Gasteiger charge is -2.03. The number of thiazole rings is 1. The van der Waals surface area contributed by atoms with Crippen molar-refractivity contribution in [2.45, 2.75) is 26.3 Å². The summed E-state index contributed by atoms with van der Waals surface area (Å²) in [6.45, 7) is 5.29. The van der Waals surface area contributed by atoms with Gasteiger partial charge in [0.25, 0.3) is 0 Å². The van der Waals surface area contributed by atoms with Crippen molar-refractivity contribution >= 4 is 38.6 Å². The zero-order valence-corrected chi connectivity index (χ0v) is 13.3. The Balaban J connectivity index is 2.39. The Kier molecular flexibility index (Phi) is 4.36. The predicted molar refractivity (Wildman–Crippen MR) is 80.0 cm³/mol. The maximum Gasteiger partial charge on any atom is 0.133 e. The third-order valence-electron chi connectivity index (χ3n) is 2.40. The van der Waals surface area contributed by atoms with Crippen molar-refractivity contribution in [3.05, 3.63) is 26.5 Å². The number of aromatic nitrogens is 1. The van der Waals surface area contributed by atoms with E-state index in [-0.39, 0.29) is 0 Å². The zero-order chi connectivity index (χ0) is 12.4. The van der Waals surface area contributed by atoms with Gasteiger partial charge in [-0.15, -0.1) is 22.7 Å². The lowest BCUT2D eigenvalue weighted by Crippen LogP contribution is -2.06. The van der Waals surface area contributed by atoms with E-state index < -0.39 is 0 Å². The number of hydrogen-bond donors (Lipinski definition) is 1. The Labute approximate surface area is 118 Å². The van der Waals surface area contributed by atoms with Crippen LogP contribution >= 0.6 is 38.6 Å². The third-order valence-corrected chi connectivity index (χ3v) is 5.26. The number of rotatable bonds is 4. The molecule has 1 N–H and O–H groups in total. The topological polar surface area (TPSA) is 24.9 Å². The van der Waals surface area contributed by atoms with Crippen LogP contribution in [0.2, 0.25) is 0 Å². The van der Waals surface area contributed by atoms with Crippen LogP contribution in [0, 0.1) is 0 Å². The van der Waals surface area contributed by atoms with Gasteiger partial charge < -0.3 is 5.32 Å². The van der Waals surface area contributed by atoms with E-state index in [1.54, 1.807) is 22.7 Å². The Bertz CT molecular complexity index is 502. The van der Waals surface area contributed by atoms with E-state index in [9.17, 15) is 0 Å². The van der Waals surface area contributed by atoms with Crippen molar-refractivity contribution in [2.24, 2.45) is 0 Å². The minimum absolute atomic E-state index is 0.478. The van der Waals surface area contributed by atoms with E-state index in [0.717, 1.165) is 15.3 Å². The fourth-order valence-electron chi connectivity index (χ4n) is 1.64. The summed E-state index contributed by atoms with van der Waals surface area (Å²) >= 11 is 7.03. The first kappa shape index (κ1) is 13.2. The second-order valence-electron chi connectivity index (χ2n) is 4.12. The van der Waals surface area contributed by atoms with Gasteiger partial charge >= 0.3 is 0 Å². The third kappa shape index (κ3) is 2.96. The minimum Gasteiger partial charge on any atom is -0.315 e. The molecule has 0 fully saturated rings. The molecule has 0 spiro atoms. The molecule has 5 heteroatoms.